The molecular formula is C12H19ClN2O4S. The van der Waals surface area contributed by atoms with Crippen LogP contribution in [0, 0.1) is 5.92 Å². The van der Waals surface area contributed by atoms with E-state index in [1.165, 1.54) is 16.8 Å². The summed E-state index contributed by atoms with van der Waals surface area (Å²) >= 11 is 0. The summed E-state index contributed by atoms with van der Waals surface area (Å²) in [7, 11) is 4.56. The summed E-state index contributed by atoms with van der Waals surface area (Å²) in [6, 6.07) is 1.10. The Morgan fingerprint density at radius 1 is 1.50 bits per heavy atom. The van der Waals surface area contributed by atoms with Gasteiger partial charge in [-0.25, -0.2) is 8.42 Å². The number of aromatic nitrogens is 1. The second kappa shape index (κ2) is 6.60. The van der Waals surface area contributed by atoms with Crippen molar-refractivity contribution < 1.29 is 17.9 Å². The van der Waals surface area contributed by atoms with Gasteiger partial charge in [0.05, 0.1) is 12.6 Å². The molecule has 0 aromatic carbocycles. The summed E-state index contributed by atoms with van der Waals surface area (Å²) in [4.78, 5) is 12.1. The van der Waals surface area contributed by atoms with Crippen molar-refractivity contribution in [3.8, 4) is 0 Å². The van der Waals surface area contributed by atoms with Crippen molar-refractivity contribution in [3.63, 3.8) is 0 Å². The smallest absolute Gasteiger partial charge is 0.268 e. The van der Waals surface area contributed by atoms with Crippen LogP contribution in [0.4, 0.5) is 0 Å². The molecular weight excluding hydrogens is 304 g/mol. The molecule has 0 spiro atoms. The fourth-order valence-corrected chi connectivity index (χ4v) is 2.51. The van der Waals surface area contributed by atoms with Crippen LogP contribution in [0.2, 0.25) is 0 Å². The standard InChI is InChI=1S/C12H19ClN2O4S/c1-8(2)10(7-19-4)14-12(16)11-5-9(6-15(11)3)20(13,17)18/h5-6,8,10H,7H2,1-4H3,(H,14,16). The highest BCUT2D eigenvalue weighted by Gasteiger charge is 2.22. The van der Waals surface area contributed by atoms with Crippen molar-refractivity contribution in [1.29, 1.82) is 0 Å². The lowest BCUT2D eigenvalue weighted by Crippen LogP contribution is -2.42. The molecule has 114 valence electrons. The second-order valence-electron chi connectivity index (χ2n) is 4.89. The highest BCUT2D eigenvalue weighted by atomic mass is 35.7. The highest BCUT2D eigenvalue weighted by molar-refractivity contribution is 8.13. The predicted octanol–water partition coefficient (Wildman–Crippen LogP) is 1.35. The van der Waals surface area contributed by atoms with Gasteiger partial charge in [-0.1, -0.05) is 13.8 Å². The van der Waals surface area contributed by atoms with E-state index >= 15 is 0 Å². The largest absolute Gasteiger partial charge is 0.383 e. The molecule has 1 atom stereocenters. The van der Waals surface area contributed by atoms with E-state index in [0.29, 0.717) is 6.61 Å². The van der Waals surface area contributed by atoms with E-state index in [0.717, 1.165) is 0 Å². The van der Waals surface area contributed by atoms with E-state index in [2.05, 4.69) is 5.32 Å². The maximum Gasteiger partial charge on any atom is 0.268 e. The number of carbonyl (C=O) groups excluding carboxylic acids is 1. The maximum absolute atomic E-state index is 12.2. The molecule has 1 amide bonds. The van der Waals surface area contributed by atoms with Gasteiger partial charge in [0.15, 0.2) is 0 Å². The second-order valence-corrected chi connectivity index (χ2v) is 7.46. The minimum atomic E-state index is -3.85. The number of methoxy groups -OCH3 is 1. The molecule has 0 aliphatic heterocycles. The van der Waals surface area contributed by atoms with Crippen LogP contribution in [-0.2, 0) is 20.8 Å². The number of nitrogens with one attached hydrogen (secondary N) is 1. The SMILES string of the molecule is COCC(NC(=O)c1cc(S(=O)(=O)Cl)cn1C)C(C)C. The number of carbonyl (C=O) groups is 1. The summed E-state index contributed by atoms with van der Waals surface area (Å²) in [6.45, 7) is 4.31. The molecule has 1 unspecified atom stereocenters. The van der Waals surface area contributed by atoms with E-state index in [9.17, 15) is 13.2 Å². The first kappa shape index (κ1) is 17.0. The summed E-state index contributed by atoms with van der Waals surface area (Å²) in [5.41, 5.74) is 0.228. The van der Waals surface area contributed by atoms with E-state index in [4.69, 9.17) is 15.4 Å². The Bertz CT molecular complexity index is 580. The van der Waals surface area contributed by atoms with Crippen LogP contribution in [-0.4, -0.2) is 38.7 Å². The van der Waals surface area contributed by atoms with Gasteiger partial charge in [-0.3, -0.25) is 4.79 Å². The van der Waals surface area contributed by atoms with Gasteiger partial charge in [-0.2, -0.15) is 0 Å². The Balaban J connectivity index is 2.95. The first-order chi connectivity index (χ1) is 9.16. The molecule has 0 bridgehead atoms. The number of halogens is 1. The molecule has 6 nitrogen and oxygen atoms in total. The fourth-order valence-electron chi connectivity index (χ4n) is 1.72. The van der Waals surface area contributed by atoms with Gasteiger partial charge in [0.1, 0.15) is 10.6 Å². The average Bonchev–Trinajstić information content (AvgIpc) is 2.70. The molecule has 0 aliphatic carbocycles. The third kappa shape index (κ3) is 4.22. The van der Waals surface area contributed by atoms with Crippen LogP contribution < -0.4 is 5.32 Å². The predicted molar refractivity (Wildman–Crippen MR) is 76.4 cm³/mol. The van der Waals surface area contributed by atoms with Crippen LogP contribution in [0.25, 0.3) is 0 Å². The van der Waals surface area contributed by atoms with Crippen LogP contribution in [0.5, 0.6) is 0 Å². The number of hydrogen-bond acceptors (Lipinski definition) is 4. The Hall–Kier alpha value is -1.05. The number of nitrogens with zero attached hydrogens (tertiary/aromatic N) is 1. The van der Waals surface area contributed by atoms with Gasteiger partial charge in [0, 0.05) is 31.0 Å². The quantitative estimate of drug-likeness (QED) is 0.802. The zero-order chi connectivity index (χ0) is 15.5. The number of aryl methyl sites for hydroxylation is 1. The number of rotatable bonds is 6. The molecule has 0 saturated carbocycles. The first-order valence-electron chi connectivity index (χ1n) is 6.07. The molecule has 1 N–H and O–H groups in total. The van der Waals surface area contributed by atoms with Gasteiger partial charge in [-0.05, 0) is 12.0 Å². The van der Waals surface area contributed by atoms with Crippen LogP contribution in [0.3, 0.4) is 0 Å². The average molecular weight is 323 g/mol. The molecule has 0 fully saturated rings. The Labute approximate surface area is 123 Å². The van der Waals surface area contributed by atoms with E-state index in [1.807, 2.05) is 13.8 Å². The highest BCUT2D eigenvalue weighted by Crippen LogP contribution is 2.18. The van der Waals surface area contributed by atoms with Crippen LogP contribution >= 0.6 is 10.7 Å². The Kier molecular flexibility index (Phi) is 5.61. The lowest BCUT2D eigenvalue weighted by molar-refractivity contribution is 0.0858. The lowest BCUT2D eigenvalue weighted by Gasteiger charge is -2.21. The molecule has 0 aliphatic rings. The molecule has 1 heterocycles. The van der Waals surface area contributed by atoms with Gasteiger partial charge in [0.2, 0.25) is 0 Å². The summed E-state index contributed by atoms with van der Waals surface area (Å²) in [6.07, 6.45) is 1.30. The van der Waals surface area contributed by atoms with Crippen molar-refractivity contribution in [2.45, 2.75) is 24.8 Å². The molecule has 20 heavy (non-hydrogen) atoms. The van der Waals surface area contributed by atoms with E-state index in [-0.39, 0.29) is 28.5 Å². The van der Waals surface area contributed by atoms with Gasteiger partial charge < -0.3 is 14.6 Å². The summed E-state index contributed by atoms with van der Waals surface area (Å²) in [5.74, 6) is -0.176. The van der Waals surface area contributed by atoms with Crippen molar-refractivity contribution in [2.24, 2.45) is 13.0 Å². The number of ether oxygens (including phenoxy) is 1. The summed E-state index contributed by atoms with van der Waals surface area (Å²) in [5, 5.41) is 2.82. The minimum absolute atomic E-state index is 0.0975. The van der Waals surface area contributed by atoms with Crippen LogP contribution in [0.1, 0.15) is 24.3 Å². The third-order valence-electron chi connectivity index (χ3n) is 2.96. The van der Waals surface area contributed by atoms with E-state index < -0.39 is 9.05 Å². The molecule has 1 aromatic rings. The Morgan fingerprint density at radius 3 is 2.50 bits per heavy atom. The topological polar surface area (TPSA) is 77.4 Å². The minimum Gasteiger partial charge on any atom is -0.383 e. The summed E-state index contributed by atoms with van der Waals surface area (Å²) < 4.78 is 29.0. The lowest BCUT2D eigenvalue weighted by atomic mass is 10.1. The monoisotopic (exact) mass is 322 g/mol. The zero-order valence-corrected chi connectivity index (χ0v) is 13.5. The molecule has 1 aromatic heterocycles. The fraction of sp³-hybridized carbons (Fsp3) is 0.583. The van der Waals surface area contributed by atoms with Gasteiger partial charge >= 0.3 is 0 Å². The molecule has 1 rings (SSSR count). The molecule has 0 radical (unpaired) electrons. The first-order valence-corrected chi connectivity index (χ1v) is 8.38. The number of amides is 1. The molecule has 0 saturated heterocycles. The van der Waals surface area contributed by atoms with Crippen molar-refractivity contribution >= 4 is 25.6 Å². The van der Waals surface area contributed by atoms with E-state index in [1.54, 1.807) is 14.2 Å². The van der Waals surface area contributed by atoms with Gasteiger partial charge in [-0.15, -0.1) is 0 Å². The Morgan fingerprint density at radius 2 is 2.10 bits per heavy atom. The normalized spacial score (nSPS) is 13.5. The third-order valence-corrected chi connectivity index (χ3v) is 4.28. The number of hydrogen-bond donors (Lipinski definition) is 1. The van der Waals surface area contributed by atoms with Gasteiger partial charge in [0.25, 0.3) is 15.0 Å². The van der Waals surface area contributed by atoms with Crippen molar-refractivity contribution in [1.82, 2.24) is 9.88 Å². The van der Waals surface area contributed by atoms with Crippen molar-refractivity contribution in [2.75, 3.05) is 13.7 Å². The van der Waals surface area contributed by atoms with Crippen molar-refractivity contribution in [3.05, 3.63) is 18.0 Å². The maximum atomic E-state index is 12.2. The zero-order valence-electron chi connectivity index (χ0n) is 11.9. The molecule has 8 heteroatoms. The van der Waals surface area contributed by atoms with Crippen LogP contribution in [0.15, 0.2) is 17.2 Å².